The normalized spacial score (nSPS) is 18.8. The van der Waals surface area contributed by atoms with E-state index in [1.165, 1.54) is 10.6 Å². The van der Waals surface area contributed by atoms with Crippen LogP contribution >= 0.6 is 0 Å². The highest BCUT2D eigenvalue weighted by Crippen LogP contribution is 2.42. The Labute approximate surface area is 238 Å². The maximum atomic E-state index is 11.5. The molecule has 220 valence electrons. The summed E-state index contributed by atoms with van der Waals surface area (Å²) >= 11 is 0. The SMILES string of the molecule is CCC1C=C(C2(N(O)CCOC)CCN(Cc3cc(OC)cc(OC)c3)CC2)NCc2cc(OC)cc(OC)c21. The van der Waals surface area contributed by atoms with Crippen LogP contribution in [0.4, 0.5) is 0 Å². The maximum Gasteiger partial charge on any atom is 0.126 e. The number of nitrogens with one attached hydrogen (secondary N) is 1. The third-order valence-corrected chi connectivity index (χ3v) is 8.31. The summed E-state index contributed by atoms with van der Waals surface area (Å²) in [5.74, 6) is 3.31. The molecule has 0 spiro atoms. The molecule has 9 nitrogen and oxygen atoms in total. The number of likely N-dealkylation sites (tertiary alicyclic amines) is 1. The standard InChI is InChI=1S/C31H45N3O6/c1-7-23-17-29(32-20-24-16-27(39-5)19-28(40-6)30(23)24)31(34(35)12-13-36-2)8-10-33(11-9-31)21-22-14-25(37-3)18-26(15-22)38-4/h14-19,23,32,35H,7-13,20-21H2,1-6H3. The summed E-state index contributed by atoms with van der Waals surface area (Å²) in [5.41, 5.74) is 3.95. The van der Waals surface area contributed by atoms with E-state index in [2.05, 4.69) is 41.4 Å². The molecule has 40 heavy (non-hydrogen) atoms. The van der Waals surface area contributed by atoms with E-state index in [1.54, 1.807) is 35.5 Å². The number of hydrogen-bond donors (Lipinski definition) is 2. The predicted octanol–water partition coefficient (Wildman–Crippen LogP) is 4.57. The summed E-state index contributed by atoms with van der Waals surface area (Å²) in [7, 11) is 8.39. The molecule has 4 rings (SSSR count). The van der Waals surface area contributed by atoms with E-state index in [-0.39, 0.29) is 5.92 Å². The fraction of sp³-hybridized carbons (Fsp3) is 0.548. The Morgan fingerprint density at radius 2 is 1.57 bits per heavy atom. The first-order chi connectivity index (χ1) is 19.4. The van der Waals surface area contributed by atoms with Crippen LogP contribution in [-0.2, 0) is 17.8 Å². The highest BCUT2D eigenvalue weighted by Gasteiger charge is 2.44. The first-order valence-corrected chi connectivity index (χ1v) is 14.0. The molecule has 9 heteroatoms. The van der Waals surface area contributed by atoms with Crippen LogP contribution in [0.3, 0.4) is 0 Å². The van der Waals surface area contributed by atoms with Gasteiger partial charge in [0.25, 0.3) is 0 Å². The van der Waals surface area contributed by atoms with Gasteiger partial charge in [-0.3, -0.25) is 4.90 Å². The quantitative estimate of drug-likeness (QED) is 0.366. The van der Waals surface area contributed by atoms with Crippen molar-refractivity contribution in [1.29, 1.82) is 0 Å². The van der Waals surface area contributed by atoms with Crippen molar-refractivity contribution in [2.75, 3.05) is 61.8 Å². The maximum absolute atomic E-state index is 11.5. The van der Waals surface area contributed by atoms with Crippen molar-refractivity contribution in [2.24, 2.45) is 0 Å². The Morgan fingerprint density at radius 1 is 0.925 bits per heavy atom. The molecule has 0 aromatic heterocycles. The fourth-order valence-electron chi connectivity index (χ4n) is 6.04. The lowest BCUT2D eigenvalue weighted by atomic mass is 9.81. The molecule has 2 aromatic rings. The third-order valence-electron chi connectivity index (χ3n) is 8.31. The van der Waals surface area contributed by atoms with Crippen LogP contribution in [0.1, 0.15) is 48.8 Å². The smallest absolute Gasteiger partial charge is 0.126 e. The Morgan fingerprint density at radius 3 is 2.15 bits per heavy atom. The van der Waals surface area contributed by atoms with Crippen molar-refractivity contribution in [3.8, 4) is 23.0 Å². The summed E-state index contributed by atoms with van der Waals surface area (Å²) in [6.07, 6.45) is 4.74. The number of benzene rings is 2. The molecule has 1 saturated heterocycles. The minimum atomic E-state index is -0.562. The highest BCUT2D eigenvalue weighted by molar-refractivity contribution is 5.51. The molecule has 0 radical (unpaired) electrons. The van der Waals surface area contributed by atoms with Crippen molar-refractivity contribution < 1.29 is 28.9 Å². The van der Waals surface area contributed by atoms with Gasteiger partial charge in [0.05, 0.1) is 40.6 Å². The van der Waals surface area contributed by atoms with Gasteiger partial charge in [0.1, 0.15) is 23.0 Å². The average Bonchev–Trinajstić information content (AvgIpc) is 3.19. The van der Waals surface area contributed by atoms with Gasteiger partial charge in [-0.05, 0) is 48.6 Å². The zero-order valence-electron chi connectivity index (χ0n) is 24.8. The van der Waals surface area contributed by atoms with Crippen LogP contribution in [0.15, 0.2) is 42.1 Å². The second-order valence-corrected chi connectivity index (χ2v) is 10.5. The van der Waals surface area contributed by atoms with Crippen LogP contribution in [0.25, 0.3) is 0 Å². The first kappa shape index (κ1) is 30.0. The molecule has 1 fully saturated rings. The van der Waals surface area contributed by atoms with Crippen LogP contribution in [0.5, 0.6) is 23.0 Å². The molecule has 2 N–H and O–H groups in total. The zero-order valence-corrected chi connectivity index (χ0v) is 24.8. The molecule has 2 aliphatic heterocycles. The number of piperidine rings is 1. The van der Waals surface area contributed by atoms with Gasteiger partial charge in [-0.2, -0.15) is 5.06 Å². The second kappa shape index (κ2) is 13.6. The number of nitrogens with zero attached hydrogens (tertiary/aromatic N) is 2. The lowest BCUT2D eigenvalue weighted by Crippen LogP contribution is -2.58. The van der Waals surface area contributed by atoms with Gasteiger partial charge in [0.2, 0.25) is 0 Å². The van der Waals surface area contributed by atoms with Gasteiger partial charge in [-0.1, -0.05) is 13.0 Å². The van der Waals surface area contributed by atoms with Gasteiger partial charge < -0.3 is 34.2 Å². The van der Waals surface area contributed by atoms with Crippen molar-refractivity contribution in [1.82, 2.24) is 15.3 Å². The molecule has 0 bridgehead atoms. The molecular weight excluding hydrogens is 510 g/mol. The predicted molar refractivity (Wildman–Crippen MR) is 155 cm³/mol. The molecule has 0 aliphatic carbocycles. The van der Waals surface area contributed by atoms with Gasteiger partial charge in [-0.15, -0.1) is 0 Å². The van der Waals surface area contributed by atoms with Gasteiger partial charge >= 0.3 is 0 Å². The summed E-state index contributed by atoms with van der Waals surface area (Å²) in [6.45, 7) is 6.10. The minimum absolute atomic E-state index is 0.135. The molecular formula is C31H45N3O6. The van der Waals surface area contributed by atoms with Crippen LogP contribution in [-0.4, -0.2) is 82.5 Å². The van der Waals surface area contributed by atoms with E-state index in [0.29, 0.717) is 19.7 Å². The molecule has 1 atom stereocenters. The van der Waals surface area contributed by atoms with Crippen molar-refractivity contribution in [3.05, 3.63) is 58.8 Å². The Hall–Kier alpha value is -2.98. The zero-order chi connectivity index (χ0) is 28.7. The lowest BCUT2D eigenvalue weighted by molar-refractivity contribution is -0.183. The number of fused-ring (bicyclic) bond motifs is 1. The Bertz CT molecular complexity index is 1140. The van der Waals surface area contributed by atoms with Crippen LogP contribution in [0.2, 0.25) is 0 Å². The van der Waals surface area contributed by atoms with E-state index in [9.17, 15) is 5.21 Å². The number of allylic oxidation sites excluding steroid dienone is 1. The van der Waals surface area contributed by atoms with Crippen LogP contribution in [0, 0.1) is 0 Å². The first-order valence-electron chi connectivity index (χ1n) is 14.0. The molecule has 0 saturated carbocycles. The molecule has 0 amide bonds. The summed E-state index contributed by atoms with van der Waals surface area (Å²) in [6, 6.07) is 10.0. The van der Waals surface area contributed by atoms with E-state index in [1.807, 2.05) is 12.1 Å². The monoisotopic (exact) mass is 555 g/mol. The summed E-state index contributed by atoms with van der Waals surface area (Å²) < 4.78 is 27.7. The summed E-state index contributed by atoms with van der Waals surface area (Å²) in [4.78, 5) is 2.42. The van der Waals surface area contributed by atoms with E-state index in [4.69, 9.17) is 23.7 Å². The van der Waals surface area contributed by atoms with Crippen molar-refractivity contribution in [3.63, 3.8) is 0 Å². The van der Waals surface area contributed by atoms with E-state index < -0.39 is 5.54 Å². The van der Waals surface area contributed by atoms with E-state index in [0.717, 1.165) is 78.7 Å². The number of methoxy groups -OCH3 is 5. The molecule has 1 unspecified atom stereocenters. The highest BCUT2D eigenvalue weighted by atomic mass is 16.5. The van der Waals surface area contributed by atoms with Gasteiger partial charge in [0.15, 0.2) is 0 Å². The van der Waals surface area contributed by atoms with Crippen molar-refractivity contribution in [2.45, 2.75) is 50.7 Å². The largest absolute Gasteiger partial charge is 0.497 e. The third kappa shape index (κ3) is 6.33. The van der Waals surface area contributed by atoms with E-state index >= 15 is 0 Å². The number of hydrogen-bond acceptors (Lipinski definition) is 9. The Kier molecular flexibility index (Phi) is 10.2. The van der Waals surface area contributed by atoms with Crippen molar-refractivity contribution >= 4 is 0 Å². The lowest BCUT2D eigenvalue weighted by Gasteiger charge is -2.47. The van der Waals surface area contributed by atoms with Crippen LogP contribution < -0.4 is 24.3 Å². The molecule has 2 heterocycles. The number of ether oxygens (including phenoxy) is 5. The fourth-order valence-corrected chi connectivity index (χ4v) is 6.04. The molecule has 2 aliphatic rings. The minimum Gasteiger partial charge on any atom is -0.497 e. The van der Waals surface area contributed by atoms with Gasteiger partial charge in [-0.25, -0.2) is 0 Å². The Balaban J connectivity index is 1.62. The summed E-state index contributed by atoms with van der Waals surface area (Å²) in [5, 5.41) is 16.8. The average molecular weight is 556 g/mol. The number of rotatable bonds is 12. The second-order valence-electron chi connectivity index (χ2n) is 10.5. The number of hydroxylamine groups is 2. The van der Waals surface area contributed by atoms with Gasteiger partial charge in [0, 0.05) is 69.1 Å². The topological polar surface area (TPSA) is 84.9 Å². The molecule has 2 aromatic carbocycles.